The van der Waals surface area contributed by atoms with Crippen LogP contribution in [0.5, 0.6) is 0 Å². The van der Waals surface area contributed by atoms with Gasteiger partial charge in [-0.15, -0.1) is 0 Å². The summed E-state index contributed by atoms with van der Waals surface area (Å²) in [4.78, 5) is 0. The van der Waals surface area contributed by atoms with Crippen LogP contribution in [0.4, 0.5) is 0 Å². The Morgan fingerprint density at radius 1 is 1.12 bits per heavy atom. The predicted octanol–water partition coefficient (Wildman–Crippen LogP) is 5.83. The molecule has 0 heterocycles. The van der Waals surface area contributed by atoms with Crippen molar-refractivity contribution in [1.29, 1.82) is 0 Å². The van der Waals surface area contributed by atoms with Crippen molar-refractivity contribution in [3.05, 3.63) is 11.6 Å². The lowest BCUT2D eigenvalue weighted by molar-refractivity contribution is 0.0572. The van der Waals surface area contributed by atoms with Crippen molar-refractivity contribution in [3.63, 3.8) is 0 Å². The van der Waals surface area contributed by atoms with Crippen LogP contribution in [0.15, 0.2) is 11.6 Å². The van der Waals surface area contributed by atoms with E-state index in [1.165, 1.54) is 19.3 Å². The monoisotopic (exact) mass is 224 g/mol. The van der Waals surface area contributed by atoms with Crippen LogP contribution in [0.2, 0.25) is 0 Å². The first-order chi connectivity index (χ1) is 7.27. The van der Waals surface area contributed by atoms with Gasteiger partial charge in [-0.2, -0.15) is 0 Å². The van der Waals surface area contributed by atoms with Gasteiger partial charge in [0.25, 0.3) is 0 Å². The Balaban J connectivity index is 5.62. The molecule has 0 bridgehead atoms. The van der Waals surface area contributed by atoms with Gasteiger partial charge in [0.15, 0.2) is 0 Å². The molecular weight excluding hydrogens is 192 g/mol. The molecule has 0 aromatic carbocycles. The van der Waals surface area contributed by atoms with E-state index in [1.54, 1.807) is 5.57 Å². The van der Waals surface area contributed by atoms with E-state index in [0.717, 1.165) is 0 Å². The van der Waals surface area contributed by atoms with E-state index >= 15 is 0 Å². The maximum atomic E-state index is 2.40. The predicted molar refractivity (Wildman–Crippen MR) is 75.7 cm³/mol. The molecule has 0 fully saturated rings. The second-order valence-electron chi connectivity index (χ2n) is 6.29. The summed E-state index contributed by atoms with van der Waals surface area (Å²) in [5.41, 5.74) is 2.36. The zero-order chi connectivity index (χ0) is 13.0. The lowest BCUT2D eigenvalue weighted by atomic mass is 9.54. The molecule has 1 atom stereocenters. The van der Waals surface area contributed by atoms with Gasteiger partial charge in [-0.3, -0.25) is 0 Å². The van der Waals surface area contributed by atoms with Crippen LogP contribution in [0.3, 0.4) is 0 Å². The molecule has 0 aliphatic carbocycles. The van der Waals surface area contributed by atoms with Crippen molar-refractivity contribution in [2.45, 2.75) is 74.7 Å². The summed E-state index contributed by atoms with van der Waals surface area (Å²) in [6, 6.07) is 0. The van der Waals surface area contributed by atoms with Crippen LogP contribution in [0.1, 0.15) is 74.7 Å². The maximum absolute atomic E-state index is 2.40. The first kappa shape index (κ1) is 15.7. The minimum Gasteiger partial charge on any atom is -0.0879 e. The van der Waals surface area contributed by atoms with E-state index in [0.29, 0.717) is 16.7 Å². The average Bonchev–Trinajstić information content (AvgIpc) is 2.15. The third-order valence-corrected chi connectivity index (χ3v) is 4.27. The lowest BCUT2D eigenvalue weighted by Gasteiger charge is -2.50. The lowest BCUT2D eigenvalue weighted by Crippen LogP contribution is -2.42. The van der Waals surface area contributed by atoms with Gasteiger partial charge in [-0.25, -0.2) is 0 Å². The standard InChI is InChI=1S/C16H32/c1-9-12-16(13(4)5,15(6,7)8)14(10-2)11-3/h10,13H,9,11-12H2,1-8H3. The molecule has 16 heavy (non-hydrogen) atoms. The molecule has 0 heteroatoms. The number of rotatable bonds is 5. The molecule has 0 N–H and O–H groups in total. The molecular formula is C16H32. The molecule has 1 unspecified atom stereocenters. The highest BCUT2D eigenvalue weighted by molar-refractivity contribution is 5.19. The van der Waals surface area contributed by atoms with Crippen molar-refractivity contribution in [3.8, 4) is 0 Å². The van der Waals surface area contributed by atoms with Crippen molar-refractivity contribution in [1.82, 2.24) is 0 Å². The fourth-order valence-electron chi connectivity index (χ4n) is 3.71. The summed E-state index contributed by atoms with van der Waals surface area (Å²) < 4.78 is 0. The van der Waals surface area contributed by atoms with Crippen molar-refractivity contribution in [2.24, 2.45) is 16.7 Å². The Kier molecular flexibility index (Phi) is 5.79. The summed E-state index contributed by atoms with van der Waals surface area (Å²) in [5, 5.41) is 0. The van der Waals surface area contributed by atoms with Crippen molar-refractivity contribution in [2.75, 3.05) is 0 Å². The summed E-state index contributed by atoms with van der Waals surface area (Å²) >= 11 is 0. The van der Waals surface area contributed by atoms with Crippen molar-refractivity contribution < 1.29 is 0 Å². The van der Waals surface area contributed by atoms with Gasteiger partial charge in [0.2, 0.25) is 0 Å². The zero-order valence-corrected chi connectivity index (χ0v) is 12.8. The highest BCUT2D eigenvalue weighted by Gasteiger charge is 2.45. The quantitative estimate of drug-likeness (QED) is 0.515. The highest BCUT2D eigenvalue weighted by atomic mass is 14.5. The van der Waals surface area contributed by atoms with Gasteiger partial charge in [-0.1, -0.05) is 66.5 Å². The fraction of sp³-hybridized carbons (Fsp3) is 0.875. The van der Waals surface area contributed by atoms with E-state index in [-0.39, 0.29) is 0 Å². The molecule has 0 aliphatic rings. The molecule has 0 saturated carbocycles. The Morgan fingerprint density at radius 2 is 1.62 bits per heavy atom. The van der Waals surface area contributed by atoms with Crippen LogP contribution in [-0.2, 0) is 0 Å². The third-order valence-electron chi connectivity index (χ3n) is 4.27. The first-order valence-corrected chi connectivity index (χ1v) is 6.93. The largest absolute Gasteiger partial charge is 0.0879 e. The maximum Gasteiger partial charge on any atom is -0.00170 e. The second kappa shape index (κ2) is 5.89. The van der Waals surface area contributed by atoms with E-state index in [4.69, 9.17) is 0 Å². The van der Waals surface area contributed by atoms with Crippen molar-refractivity contribution >= 4 is 0 Å². The van der Waals surface area contributed by atoms with E-state index < -0.39 is 0 Å². The Hall–Kier alpha value is -0.260. The minimum absolute atomic E-state index is 0.342. The van der Waals surface area contributed by atoms with Gasteiger partial charge in [0.05, 0.1) is 0 Å². The van der Waals surface area contributed by atoms with Crippen LogP contribution >= 0.6 is 0 Å². The highest BCUT2D eigenvalue weighted by Crippen LogP contribution is 2.54. The fourth-order valence-corrected chi connectivity index (χ4v) is 3.71. The molecule has 96 valence electrons. The summed E-state index contributed by atoms with van der Waals surface area (Å²) in [6.45, 7) is 18.8. The van der Waals surface area contributed by atoms with Crippen LogP contribution in [-0.4, -0.2) is 0 Å². The Labute approximate surface area is 104 Å². The Morgan fingerprint density at radius 3 is 1.81 bits per heavy atom. The summed E-state index contributed by atoms with van der Waals surface area (Å²) in [6.07, 6.45) is 6.13. The normalized spacial score (nSPS) is 17.7. The third kappa shape index (κ3) is 2.70. The zero-order valence-electron chi connectivity index (χ0n) is 12.8. The molecule has 0 rings (SSSR count). The molecule has 0 amide bonds. The van der Waals surface area contributed by atoms with Gasteiger partial charge < -0.3 is 0 Å². The second-order valence-corrected chi connectivity index (χ2v) is 6.29. The molecule has 0 saturated heterocycles. The van der Waals surface area contributed by atoms with Gasteiger partial charge in [-0.05, 0) is 36.5 Å². The van der Waals surface area contributed by atoms with Gasteiger partial charge in [0.1, 0.15) is 0 Å². The van der Waals surface area contributed by atoms with Crippen LogP contribution < -0.4 is 0 Å². The van der Waals surface area contributed by atoms with Gasteiger partial charge >= 0.3 is 0 Å². The molecule has 0 nitrogen and oxygen atoms in total. The van der Waals surface area contributed by atoms with E-state index in [1.807, 2.05) is 0 Å². The van der Waals surface area contributed by atoms with E-state index in [9.17, 15) is 0 Å². The first-order valence-electron chi connectivity index (χ1n) is 6.93. The van der Waals surface area contributed by atoms with Gasteiger partial charge in [0, 0.05) is 0 Å². The topological polar surface area (TPSA) is 0 Å². The number of hydrogen-bond donors (Lipinski definition) is 0. The van der Waals surface area contributed by atoms with Crippen LogP contribution in [0, 0.1) is 16.7 Å². The number of allylic oxidation sites excluding steroid dienone is 2. The molecule has 0 aliphatic heterocycles. The molecule has 0 radical (unpaired) electrons. The van der Waals surface area contributed by atoms with E-state index in [2.05, 4.69) is 61.5 Å². The summed E-state index contributed by atoms with van der Waals surface area (Å²) in [7, 11) is 0. The SMILES string of the molecule is CC=C(CC)C(CCC)(C(C)C)C(C)(C)C. The molecule has 0 aromatic rings. The van der Waals surface area contributed by atoms with Crippen LogP contribution in [0.25, 0.3) is 0 Å². The average molecular weight is 224 g/mol. The minimum atomic E-state index is 0.342. The summed E-state index contributed by atoms with van der Waals surface area (Å²) in [5.74, 6) is 0.707. The Bertz CT molecular complexity index is 227. The smallest absolute Gasteiger partial charge is 0.00170 e. The number of hydrogen-bond acceptors (Lipinski definition) is 0. The molecule has 0 spiro atoms. The molecule has 0 aromatic heterocycles.